The number of rotatable bonds is 6. The van der Waals surface area contributed by atoms with Crippen LogP contribution in [-0.4, -0.2) is 32.7 Å². The first kappa shape index (κ1) is 23.9. The molecular weight excluding hydrogens is 470 g/mol. The number of methoxy groups -OCH3 is 1. The summed E-state index contributed by atoms with van der Waals surface area (Å²) in [4.78, 5) is 35.5. The van der Waals surface area contributed by atoms with Gasteiger partial charge in [-0.3, -0.25) is 9.59 Å². The lowest BCUT2D eigenvalue weighted by Crippen LogP contribution is -2.22. The highest BCUT2D eigenvalue weighted by atomic mass is 16.5. The van der Waals surface area contributed by atoms with Crippen molar-refractivity contribution in [3.63, 3.8) is 0 Å². The molecule has 37 heavy (non-hydrogen) atoms. The molecule has 0 saturated carbocycles. The van der Waals surface area contributed by atoms with Gasteiger partial charge in [-0.15, -0.1) is 0 Å². The number of nitrogens with one attached hydrogen (secondary N) is 1. The molecule has 0 radical (unpaired) electrons. The maximum atomic E-state index is 13.4. The second kappa shape index (κ2) is 9.69. The van der Waals surface area contributed by atoms with Crippen LogP contribution in [0.25, 0.3) is 33.9 Å². The second-order valence-corrected chi connectivity index (χ2v) is 8.86. The molecule has 3 aromatic heterocycles. The molecule has 0 aliphatic carbocycles. The van der Waals surface area contributed by atoms with Crippen molar-refractivity contribution in [3.05, 3.63) is 87.8 Å². The van der Waals surface area contributed by atoms with Gasteiger partial charge in [-0.1, -0.05) is 41.1 Å². The van der Waals surface area contributed by atoms with Gasteiger partial charge in [0.15, 0.2) is 0 Å². The summed E-state index contributed by atoms with van der Waals surface area (Å²) in [6, 6.07) is 16.6. The highest BCUT2D eigenvalue weighted by Crippen LogP contribution is 2.26. The Hall–Kier alpha value is -4.79. The Morgan fingerprint density at radius 2 is 1.76 bits per heavy atom. The molecule has 0 aliphatic heterocycles. The van der Waals surface area contributed by atoms with Crippen molar-refractivity contribution >= 4 is 22.6 Å². The number of carbonyl (C=O) groups is 1. The number of ether oxygens (including phenoxy) is 1. The van der Waals surface area contributed by atoms with E-state index in [2.05, 4.69) is 20.4 Å². The molecule has 0 unspecified atom stereocenters. The molecule has 0 saturated heterocycles. The zero-order valence-electron chi connectivity index (χ0n) is 20.9. The predicted molar refractivity (Wildman–Crippen MR) is 141 cm³/mol. The third-order valence-corrected chi connectivity index (χ3v) is 5.97. The monoisotopic (exact) mass is 495 g/mol. The van der Waals surface area contributed by atoms with Gasteiger partial charge in [-0.2, -0.15) is 4.98 Å². The first-order valence-electron chi connectivity index (χ1n) is 11.7. The normalized spacial score (nSPS) is 11.0. The Morgan fingerprint density at radius 1 is 1.00 bits per heavy atom. The molecule has 0 aliphatic rings. The maximum absolute atomic E-state index is 13.4. The maximum Gasteiger partial charge on any atom is 0.263 e. The first-order valence-corrected chi connectivity index (χ1v) is 11.7. The molecule has 1 amide bonds. The number of anilines is 1. The molecule has 0 bridgehead atoms. The summed E-state index contributed by atoms with van der Waals surface area (Å²) in [7, 11) is 1.55. The predicted octanol–water partition coefficient (Wildman–Crippen LogP) is 4.69. The van der Waals surface area contributed by atoms with Crippen LogP contribution in [-0.2, 0) is 11.3 Å². The van der Waals surface area contributed by atoms with Crippen molar-refractivity contribution in [2.45, 2.75) is 27.3 Å². The first-order chi connectivity index (χ1) is 17.8. The van der Waals surface area contributed by atoms with Crippen LogP contribution < -0.4 is 15.5 Å². The van der Waals surface area contributed by atoms with E-state index in [9.17, 15) is 9.59 Å². The summed E-state index contributed by atoms with van der Waals surface area (Å²) in [6.45, 7) is 5.64. The minimum atomic E-state index is -0.311. The highest BCUT2D eigenvalue weighted by molar-refractivity contribution is 5.93. The molecule has 1 N–H and O–H groups in total. The van der Waals surface area contributed by atoms with E-state index in [-0.39, 0.29) is 29.3 Å². The third kappa shape index (κ3) is 4.84. The average Bonchev–Trinajstić information content (AvgIpc) is 3.36. The molecule has 0 fully saturated rings. The summed E-state index contributed by atoms with van der Waals surface area (Å²) < 4.78 is 12.5. The number of fused-ring (bicyclic) bond motifs is 1. The molecule has 186 valence electrons. The van der Waals surface area contributed by atoms with E-state index in [0.29, 0.717) is 34.0 Å². The van der Waals surface area contributed by atoms with Gasteiger partial charge in [0, 0.05) is 17.5 Å². The highest BCUT2D eigenvalue weighted by Gasteiger charge is 2.19. The molecule has 3 heterocycles. The fourth-order valence-corrected chi connectivity index (χ4v) is 4.05. The van der Waals surface area contributed by atoms with Gasteiger partial charge in [0.1, 0.15) is 23.5 Å². The van der Waals surface area contributed by atoms with Crippen LogP contribution in [0.4, 0.5) is 5.69 Å². The number of nitrogens with zero attached hydrogens (tertiary/aromatic N) is 4. The SMILES string of the molecule is COc1ccc(C)cc1NC(=O)Cn1cc(-c2nc(-c3ccc(C)cc3)no2)c(=O)c2ccc(C)nc21. The largest absolute Gasteiger partial charge is 0.495 e. The van der Waals surface area contributed by atoms with Crippen molar-refractivity contribution in [2.24, 2.45) is 0 Å². The summed E-state index contributed by atoms with van der Waals surface area (Å²) in [5.41, 5.74) is 4.39. The quantitative estimate of drug-likeness (QED) is 0.364. The zero-order valence-corrected chi connectivity index (χ0v) is 20.9. The molecular formula is C28H25N5O4. The van der Waals surface area contributed by atoms with Gasteiger partial charge in [-0.05, 0) is 50.6 Å². The number of hydrogen-bond donors (Lipinski definition) is 1. The summed E-state index contributed by atoms with van der Waals surface area (Å²) in [5, 5.41) is 7.30. The van der Waals surface area contributed by atoms with E-state index in [0.717, 1.165) is 16.7 Å². The third-order valence-electron chi connectivity index (χ3n) is 5.97. The lowest BCUT2D eigenvalue weighted by Gasteiger charge is -2.14. The van der Waals surface area contributed by atoms with E-state index in [1.165, 1.54) is 6.20 Å². The molecule has 0 atom stereocenters. The average molecular weight is 496 g/mol. The molecule has 2 aromatic carbocycles. The van der Waals surface area contributed by atoms with Gasteiger partial charge < -0.3 is 19.1 Å². The van der Waals surface area contributed by atoms with Crippen LogP contribution in [0.5, 0.6) is 5.75 Å². The van der Waals surface area contributed by atoms with E-state index >= 15 is 0 Å². The zero-order chi connectivity index (χ0) is 26.1. The van der Waals surface area contributed by atoms with E-state index in [1.54, 1.807) is 29.9 Å². The number of pyridine rings is 2. The van der Waals surface area contributed by atoms with Crippen molar-refractivity contribution in [3.8, 4) is 28.6 Å². The van der Waals surface area contributed by atoms with Gasteiger partial charge in [0.2, 0.25) is 17.2 Å². The Kier molecular flexibility index (Phi) is 6.27. The summed E-state index contributed by atoms with van der Waals surface area (Å²) in [5.74, 6) is 0.673. The lowest BCUT2D eigenvalue weighted by atomic mass is 10.1. The number of hydrogen-bond acceptors (Lipinski definition) is 7. The van der Waals surface area contributed by atoms with Crippen LogP contribution in [0.15, 0.2) is 70.1 Å². The Balaban J connectivity index is 1.55. The molecule has 0 spiro atoms. The fourth-order valence-electron chi connectivity index (χ4n) is 4.05. The fraction of sp³-hybridized carbons (Fsp3) is 0.179. The van der Waals surface area contributed by atoms with Gasteiger partial charge in [0.05, 0.1) is 18.2 Å². The number of aryl methyl sites for hydroxylation is 3. The number of carbonyl (C=O) groups excluding carboxylic acids is 1. The lowest BCUT2D eigenvalue weighted by molar-refractivity contribution is -0.116. The molecule has 5 rings (SSSR count). The standard InChI is InChI=1S/C28H25N5O4/c1-16-5-9-19(10-6-16)26-31-28(37-32-26)21-14-33(27-20(25(21)35)11-8-18(3)29-27)15-24(34)30-22-13-17(2)7-12-23(22)36-4/h5-14H,15H2,1-4H3,(H,30,34). The Bertz CT molecular complexity index is 1690. The van der Waals surface area contributed by atoms with Crippen LogP contribution in [0.2, 0.25) is 0 Å². The minimum Gasteiger partial charge on any atom is -0.495 e. The van der Waals surface area contributed by atoms with Gasteiger partial charge in [-0.25, -0.2) is 4.98 Å². The van der Waals surface area contributed by atoms with Crippen molar-refractivity contribution in [2.75, 3.05) is 12.4 Å². The van der Waals surface area contributed by atoms with Crippen LogP contribution in [0, 0.1) is 20.8 Å². The Labute approximate surface area is 212 Å². The summed E-state index contributed by atoms with van der Waals surface area (Å²) >= 11 is 0. The molecule has 5 aromatic rings. The smallest absolute Gasteiger partial charge is 0.263 e. The number of benzene rings is 2. The molecule has 9 nitrogen and oxygen atoms in total. The van der Waals surface area contributed by atoms with Crippen molar-refractivity contribution < 1.29 is 14.1 Å². The van der Waals surface area contributed by atoms with E-state index in [1.807, 2.05) is 57.2 Å². The Morgan fingerprint density at radius 3 is 2.51 bits per heavy atom. The van der Waals surface area contributed by atoms with Crippen molar-refractivity contribution in [1.82, 2.24) is 19.7 Å². The minimum absolute atomic E-state index is 0.0672. The second-order valence-electron chi connectivity index (χ2n) is 8.86. The topological polar surface area (TPSA) is 112 Å². The molecule has 9 heteroatoms. The van der Waals surface area contributed by atoms with Crippen LogP contribution >= 0.6 is 0 Å². The number of aromatic nitrogens is 4. The van der Waals surface area contributed by atoms with E-state index in [4.69, 9.17) is 9.26 Å². The van der Waals surface area contributed by atoms with Gasteiger partial charge in [0.25, 0.3) is 5.89 Å². The number of amides is 1. The van der Waals surface area contributed by atoms with Crippen LogP contribution in [0.3, 0.4) is 0 Å². The van der Waals surface area contributed by atoms with Gasteiger partial charge >= 0.3 is 0 Å². The van der Waals surface area contributed by atoms with Crippen molar-refractivity contribution in [1.29, 1.82) is 0 Å². The van der Waals surface area contributed by atoms with E-state index < -0.39 is 0 Å². The summed E-state index contributed by atoms with van der Waals surface area (Å²) in [6.07, 6.45) is 1.54. The van der Waals surface area contributed by atoms with Crippen LogP contribution in [0.1, 0.15) is 16.8 Å².